The maximum absolute atomic E-state index is 12.9. The molecule has 1 aliphatic rings. The predicted molar refractivity (Wildman–Crippen MR) is 108 cm³/mol. The van der Waals surface area contributed by atoms with Crippen LogP contribution in [-0.2, 0) is 14.3 Å². The molecule has 0 radical (unpaired) electrons. The van der Waals surface area contributed by atoms with E-state index in [1.807, 2.05) is 20.8 Å². The standard InChI is InChI=1S/C22H31NO6/c1-21(2,3)23-19(25)13-22(10-6-7-11-22)20(26)29-14-17(24)16-9-8-15(27-4)12-18(16)28-5/h8-9,12H,6-7,10-11,13-14H2,1-5H3,(H,23,25). The zero-order valence-corrected chi connectivity index (χ0v) is 17.9. The molecule has 0 spiro atoms. The summed E-state index contributed by atoms with van der Waals surface area (Å²) < 4.78 is 15.7. The molecule has 1 aliphatic carbocycles. The Balaban J connectivity index is 2.05. The van der Waals surface area contributed by atoms with E-state index in [1.54, 1.807) is 18.2 Å². The van der Waals surface area contributed by atoms with Crippen molar-refractivity contribution in [3.05, 3.63) is 23.8 Å². The molecular weight excluding hydrogens is 374 g/mol. The number of rotatable bonds is 8. The largest absolute Gasteiger partial charge is 0.497 e. The van der Waals surface area contributed by atoms with Crippen molar-refractivity contribution in [3.63, 3.8) is 0 Å². The molecule has 0 aliphatic heterocycles. The lowest BCUT2D eigenvalue weighted by Gasteiger charge is -2.28. The second-order valence-corrected chi connectivity index (χ2v) is 8.53. The SMILES string of the molecule is COc1ccc(C(=O)COC(=O)C2(CC(=O)NC(C)(C)C)CCCC2)c(OC)c1. The highest BCUT2D eigenvalue weighted by atomic mass is 16.5. The molecule has 7 heteroatoms. The Bertz CT molecular complexity index is 759. The molecule has 0 aromatic heterocycles. The van der Waals surface area contributed by atoms with Crippen molar-refractivity contribution < 1.29 is 28.6 Å². The average Bonchev–Trinajstić information content (AvgIpc) is 3.13. The van der Waals surface area contributed by atoms with Crippen molar-refractivity contribution in [2.75, 3.05) is 20.8 Å². The highest BCUT2D eigenvalue weighted by Gasteiger charge is 2.44. The van der Waals surface area contributed by atoms with E-state index < -0.39 is 18.0 Å². The van der Waals surface area contributed by atoms with Crippen LogP contribution in [0.4, 0.5) is 0 Å². The second-order valence-electron chi connectivity index (χ2n) is 8.53. The summed E-state index contributed by atoms with van der Waals surface area (Å²) in [5, 5.41) is 2.90. The molecule has 0 unspecified atom stereocenters. The number of esters is 1. The molecule has 29 heavy (non-hydrogen) atoms. The number of Topliss-reactive ketones (excluding diaryl/α,β-unsaturated/α-hetero) is 1. The van der Waals surface area contributed by atoms with E-state index in [1.165, 1.54) is 14.2 Å². The van der Waals surface area contributed by atoms with Crippen LogP contribution in [0.1, 0.15) is 63.2 Å². The number of ketones is 1. The lowest BCUT2D eigenvalue weighted by molar-refractivity contribution is -0.157. The van der Waals surface area contributed by atoms with E-state index in [9.17, 15) is 14.4 Å². The number of carbonyl (C=O) groups is 3. The van der Waals surface area contributed by atoms with Crippen LogP contribution in [0, 0.1) is 5.41 Å². The lowest BCUT2D eigenvalue weighted by Crippen LogP contribution is -2.44. The summed E-state index contributed by atoms with van der Waals surface area (Å²) in [4.78, 5) is 37.8. The van der Waals surface area contributed by atoms with Gasteiger partial charge < -0.3 is 19.5 Å². The second kappa shape index (κ2) is 9.29. The van der Waals surface area contributed by atoms with Gasteiger partial charge in [0, 0.05) is 18.0 Å². The summed E-state index contributed by atoms with van der Waals surface area (Å²) in [5.41, 5.74) is -0.923. The normalized spacial score (nSPS) is 15.5. The van der Waals surface area contributed by atoms with Gasteiger partial charge in [-0.15, -0.1) is 0 Å². The highest BCUT2D eigenvalue weighted by Crippen LogP contribution is 2.42. The molecule has 0 atom stereocenters. The minimum Gasteiger partial charge on any atom is -0.497 e. The van der Waals surface area contributed by atoms with Gasteiger partial charge in [0.1, 0.15) is 11.5 Å². The fraction of sp³-hybridized carbons (Fsp3) is 0.591. The van der Waals surface area contributed by atoms with Gasteiger partial charge in [-0.1, -0.05) is 12.8 Å². The van der Waals surface area contributed by atoms with Crippen molar-refractivity contribution in [2.45, 2.75) is 58.4 Å². The van der Waals surface area contributed by atoms with Crippen LogP contribution in [0.3, 0.4) is 0 Å². The van der Waals surface area contributed by atoms with Gasteiger partial charge in [0.05, 0.1) is 25.2 Å². The first kappa shape index (κ1) is 22.7. The minimum absolute atomic E-state index is 0.0726. The van der Waals surface area contributed by atoms with Crippen LogP contribution in [-0.4, -0.2) is 44.0 Å². The molecule has 1 N–H and O–H groups in total. The molecule has 0 heterocycles. The maximum atomic E-state index is 12.9. The van der Waals surface area contributed by atoms with Crippen molar-refractivity contribution >= 4 is 17.7 Å². The number of carbonyl (C=O) groups excluding carboxylic acids is 3. The number of benzene rings is 1. The Hall–Kier alpha value is -2.57. The van der Waals surface area contributed by atoms with Gasteiger partial charge in [0.25, 0.3) is 0 Å². The summed E-state index contributed by atoms with van der Waals surface area (Å²) >= 11 is 0. The van der Waals surface area contributed by atoms with E-state index in [4.69, 9.17) is 14.2 Å². The van der Waals surface area contributed by atoms with Crippen LogP contribution >= 0.6 is 0 Å². The van der Waals surface area contributed by atoms with Gasteiger partial charge in [-0.05, 0) is 45.7 Å². The molecule has 1 amide bonds. The third-order valence-corrected chi connectivity index (χ3v) is 5.05. The topological polar surface area (TPSA) is 90.9 Å². The quantitative estimate of drug-likeness (QED) is 0.527. The van der Waals surface area contributed by atoms with Crippen LogP contribution in [0.25, 0.3) is 0 Å². The molecule has 160 valence electrons. The van der Waals surface area contributed by atoms with Gasteiger partial charge in [-0.3, -0.25) is 14.4 Å². The number of hydrogen-bond donors (Lipinski definition) is 1. The summed E-state index contributed by atoms with van der Waals surface area (Å²) in [6.45, 7) is 5.28. The van der Waals surface area contributed by atoms with Gasteiger partial charge in [-0.2, -0.15) is 0 Å². The zero-order chi connectivity index (χ0) is 21.7. The van der Waals surface area contributed by atoms with Crippen molar-refractivity contribution in [1.29, 1.82) is 0 Å². The van der Waals surface area contributed by atoms with Crippen LogP contribution in [0.2, 0.25) is 0 Å². The van der Waals surface area contributed by atoms with E-state index in [2.05, 4.69) is 5.32 Å². The molecule has 2 rings (SSSR count). The lowest BCUT2D eigenvalue weighted by atomic mass is 9.82. The third kappa shape index (κ3) is 5.95. The van der Waals surface area contributed by atoms with Crippen LogP contribution in [0.15, 0.2) is 18.2 Å². The monoisotopic (exact) mass is 405 g/mol. The van der Waals surface area contributed by atoms with E-state index in [0.29, 0.717) is 29.9 Å². The Kier molecular flexibility index (Phi) is 7.27. The molecule has 1 aromatic rings. The number of amides is 1. The van der Waals surface area contributed by atoms with Gasteiger partial charge in [0.15, 0.2) is 6.61 Å². The van der Waals surface area contributed by atoms with Crippen molar-refractivity contribution in [1.82, 2.24) is 5.32 Å². The van der Waals surface area contributed by atoms with Crippen LogP contribution < -0.4 is 14.8 Å². The molecule has 1 fully saturated rings. The molecular formula is C22H31NO6. The molecule has 7 nitrogen and oxygen atoms in total. The fourth-order valence-electron chi connectivity index (χ4n) is 3.67. The molecule has 0 bridgehead atoms. The van der Waals surface area contributed by atoms with E-state index in [0.717, 1.165) is 12.8 Å². The first-order valence-corrected chi connectivity index (χ1v) is 9.84. The van der Waals surface area contributed by atoms with E-state index in [-0.39, 0.29) is 23.7 Å². The van der Waals surface area contributed by atoms with Gasteiger partial charge in [-0.25, -0.2) is 0 Å². The smallest absolute Gasteiger partial charge is 0.313 e. The van der Waals surface area contributed by atoms with Crippen molar-refractivity contribution in [2.24, 2.45) is 5.41 Å². The molecule has 0 saturated heterocycles. The predicted octanol–water partition coefficient (Wildman–Crippen LogP) is 3.29. The first-order chi connectivity index (χ1) is 13.6. The highest BCUT2D eigenvalue weighted by molar-refractivity contribution is 6.01. The van der Waals surface area contributed by atoms with E-state index >= 15 is 0 Å². The summed E-state index contributed by atoms with van der Waals surface area (Å²) in [6, 6.07) is 4.83. The summed E-state index contributed by atoms with van der Waals surface area (Å²) in [6.07, 6.45) is 2.96. The third-order valence-electron chi connectivity index (χ3n) is 5.05. The molecule has 1 aromatic carbocycles. The number of nitrogens with one attached hydrogen (secondary N) is 1. The molecule has 1 saturated carbocycles. The Morgan fingerprint density at radius 3 is 2.28 bits per heavy atom. The summed E-state index contributed by atoms with van der Waals surface area (Å²) in [7, 11) is 2.98. The number of ether oxygens (including phenoxy) is 3. The van der Waals surface area contributed by atoms with Crippen molar-refractivity contribution in [3.8, 4) is 11.5 Å². The maximum Gasteiger partial charge on any atom is 0.313 e. The Labute approximate surface area is 172 Å². The first-order valence-electron chi connectivity index (χ1n) is 9.84. The average molecular weight is 405 g/mol. The Morgan fingerprint density at radius 1 is 1.07 bits per heavy atom. The number of hydrogen-bond acceptors (Lipinski definition) is 6. The Morgan fingerprint density at radius 2 is 1.72 bits per heavy atom. The summed E-state index contributed by atoms with van der Waals surface area (Å²) in [5.74, 6) is -0.125. The van der Waals surface area contributed by atoms with Gasteiger partial charge in [0.2, 0.25) is 11.7 Å². The van der Waals surface area contributed by atoms with Crippen LogP contribution in [0.5, 0.6) is 11.5 Å². The minimum atomic E-state index is -0.862. The number of methoxy groups -OCH3 is 2. The zero-order valence-electron chi connectivity index (χ0n) is 17.9. The fourth-order valence-corrected chi connectivity index (χ4v) is 3.67. The van der Waals surface area contributed by atoms with Gasteiger partial charge >= 0.3 is 5.97 Å².